The van der Waals surface area contributed by atoms with E-state index in [1.165, 1.54) is 12.5 Å². The molecule has 1 fully saturated rings. The van der Waals surface area contributed by atoms with E-state index in [2.05, 4.69) is 27.3 Å². The molecule has 0 aliphatic carbocycles. The fourth-order valence-electron chi connectivity index (χ4n) is 3.39. The molecule has 1 heterocycles. The highest BCUT2D eigenvalue weighted by Crippen LogP contribution is 2.22. The summed E-state index contributed by atoms with van der Waals surface area (Å²) >= 11 is 0. The third-order valence-corrected chi connectivity index (χ3v) is 4.66. The number of benzene rings is 2. The van der Waals surface area contributed by atoms with Crippen LogP contribution in [0.15, 0.2) is 54.6 Å². The summed E-state index contributed by atoms with van der Waals surface area (Å²) in [7, 11) is 0. The molecule has 3 rings (SSSR count). The molecule has 134 valence electrons. The Morgan fingerprint density at radius 2 is 1.85 bits per heavy atom. The third kappa shape index (κ3) is 4.69. The van der Waals surface area contributed by atoms with Crippen LogP contribution in [-0.2, 0) is 11.3 Å². The minimum Gasteiger partial charge on any atom is -0.326 e. The zero-order chi connectivity index (χ0) is 18.4. The maximum absolute atomic E-state index is 11.2. The SMILES string of the molecule is CC(=O)Nc1cccc(CN2CCN([C@H](C#N)c3ccccc3)CC2)c1. The van der Waals surface area contributed by atoms with Crippen LogP contribution in [0.4, 0.5) is 5.69 Å². The Bertz CT molecular complexity index is 776. The van der Waals surface area contributed by atoms with Gasteiger partial charge >= 0.3 is 0 Å². The average Bonchev–Trinajstić information content (AvgIpc) is 2.64. The van der Waals surface area contributed by atoms with Crippen LogP contribution in [0.5, 0.6) is 0 Å². The summed E-state index contributed by atoms with van der Waals surface area (Å²) in [5.41, 5.74) is 3.08. The van der Waals surface area contributed by atoms with E-state index < -0.39 is 0 Å². The molecule has 0 radical (unpaired) electrons. The number of nitrogens with one attached hydrogen (secondary N) is 1. The quantitative estimate of drug-likeness (QED) is 0.902. The van der Waals surface area contributed by atoms with Crippen LogP contribution in [0, 0.1) is 11.3 Å². The monoisotopic (exact) mass is 348 g/mol. The fourth-order valence-corrected chi connectivity index (χ4v) is 3.39. The summed E-state index contributed by atoms with van der Waals surface area (Å²) in [6.45, 7) is 5.97. The lowest BCUT2D eigenvalue weighted by Crippen LogP contribution is -2.46. The highest BCUT2D eigenvalue weighted by molar-refractivity contribution is 5.88. The second-order valence-corrected chi connectivity index (χ2v) is 6.64. The summed E-state index contributed by atoms with van der Waals surface area (Å²) in [4.78, 5) is 15.8. The highest BCUT2D eigenvalue weighted by atomic mass is 16.1. The molecule has 1 saturated heterocycles. The Morgan fingerprint density at radius 1 is 1.12 bits per heavy atom. The van der Waals surface area contributed by atoms with Crippen molar-refractivity contribution >= 4 is 11.6 Å². The lowest BCUT2D eigenvalue weighted by Gasteiger charge is -2.37. The van der Waals surface area contributed by atoms with Crippen LogP contribution in [0.2, 0.25) is 0 Å². The van der Waals surface area contributed by atoms with Gasteiger partial charge in [-0.1, -0.05) is 42.5 Å². The molecule has 0 saturated carbocycles. The van der Waals surface area contributed by atoms with E-state index in [4.69, 9.17) is 0 Å². The standard InChI is InChI=1S/C21H24N4O/c1-17(26)23-20-9-5-6-18(14-20)16-24-10-12-25(13-11-24)21(15-22)19-7-3-2-4-8-19/h2-9,14,21H,10-13,16H2,1H3,(H,23,26)/t21-/m1/s1. The van der Waals surface area contributed by atoms with E-state index in [0.717, 1.165) is 44.0 Å². The van der Waals surface area contributed by atoms with Crippen molar-refractivity contribution in [3.8, 4) is 6.07 Å². The zero-order valence-corrected chi connectivity index (χ0v) is 15.1. The smallest absolute Gasteiger partial charge is 0.221 e. The first-order valence-electron chi connectivity index (χ1n) is 8.93. The Labute approximate surface area is 154 Å². The molecule has 26 heavy (non-hydrogen) atoms. The van der Waals surface area contributed by atoms with E-state index in [9.17, 15) is 10.1 Å². The second-order valence-electron chi connectivity index (χ2n) is 6.64. The molecule has 2 aromatic rings. The molecule has 0 bridgehead atoms. The van der Waals surface area contributed by atoms with Gasteiger partial charge in [0.25, 0.3) is 0 Å². The molecule has 1 aliphatic rings. The van der Waals surface area contributed by atoms with E-state index >= 15 is 0 Å². The van der Waals surface area contributed by atoms with Gasteiger partial charge in [0.2, 0.25) is 5.91 Å². The lowest BCUT2D eigenvalue weighted by molar-refractivity contribution is -0.114. The first-order valence-corrected chi connectivity index (χ1v) is 8.93. The van der Waals surface area contributed by atoms with Gasteiger partial charge in [0, 0.05) is 45.3 Å². The number of rotatable bonds is 5. The topological polar surface area (TPSA) is 59.4 Å². The largest absolute Gasteiger partial charge is 0.326 e. The Hall–Kier alpha value is -2.68. The number of nitriles is 1. The first kappa shape index (κ1) is 18.1. The molecule has 1 N–H and O–H groups in total. The number of anilines is 1. The average molecular weight is 348 g/mol. The number of hydrogen-bond donors (Lipinski definition) is 1. The van der Waals surface area contributed by atoms with Gasteiger partial charge < -0.3 is 5.32 Å². The second kappa shape index (κ2) is 8.61. The normalized spacial score (nSPS) is 16.6. The summed E-state index contributed by atoms with van der Waals surface area (Å²) in [5, 5.41) is 12.4. The van der Waals surface area contributed by atoms with Gasteiger partial charge in [0.1, 0.15) is 6.04 Å². The number of amides is 1. The molecule has 5 heteroatoms. The molecule has 1 amide bonds. The van der Waals surface area contributed by atoms with Crippen LogP contribution < -0.4 is 5.32 Å². The Kier molecular flexibility index (Phi) is 6.00. The van der Waals surface area contributed by atoms with E-state index in [1.807, 2.05) is 48.5 Å². The maximum Gasteiger partial charge on any atom is 0.221 e. The summed E-state index contributed by atoms with van der Waals surface area (Å²) in [6, 6.07) is 20.2. The van der Waals surface area contributed by atoms with Crippen molar-refractivity contribution in [2.75, 3.05) is 31.5 Å². The van der Waals surface area contributed by atoms with Crippen molar-refractivity contribution < 1.29 is 4.79 Å². The molecule has 0 spiro atoms. The highest BCUT2D eigenvalue weighted by Gasteiger charge is 2.24. The summed E-state index contributed by atoms with van der Waals surface area (Å²) in [6.07, 6.45) is 0. The van der Waals surface area contributed by atoms with Crippen molar-refractivity contribution in [3.05, 3.63) is 65.7 Å². The van der Waals surface area contributed by atoms with Crippen LogP contribution in [0.3, 0.4) is 0 Å². The van der Waals surface area contributed by atoms with Crippen molar-refractivity contribution in [1.82, 2.24) is 9.80 Å². The van der Waals surface area contributed by atoms with E-state index in [-0.39, 0.29) is 11.9 Å². The Morgan fingerprint density at radius 3 is 2.50 bits per heavy atom. The predicted octanol–water partition coefficient (Wildman–Crippen LogP) is 3.03. The van der Waals surface area contributed by atoms with Gasteiger partial charge in [0.15, 0.2) is 0 Å². The van der Waals surface area contributed by atoms with Crippen LogP contribution >= 0.6 is 0 Å². The van der Waals surface area contributed by atoms with Gasteiger partial charge in [-0.25, -0.2) is 0 Å². The summed E-state index contributed by atoms with van der Waals surface area (Å²) in [5.74, 6) is -0.0563. The predicted molar refractivity (Wildman–Crippen MR) is 102 cm³/mol. The maximum atomic E-state index is 11.2. The van der Waals surface area contributed by atoms with Crippen LogP contribution in [-0.4, -0.2) is 41.9 Å². The number of hydrogen-bond acceptors (Lipinski definition) is 4. The zero-order valence-electron chi connectivity index (χ0n) is 15.1. The van der Waals surface area contributed by atoms with Gasteiger partial charge in [0.05, 0.1) is 6.07 Å². The number of piperazine rings is 1. The minimum atomic E-state index is -0.179. The van der Waals surface area contributed by atoms with E-state index in [1.54, 1.807) is 0 Å². The molecule has 5 nitrogen and oxygen atoms in total. The molecule has 0 unspecified atom stereocenters. The van der Waals surface area contributed by atoms with Gasteiger partial charge in [-0.05, 0) is 23.3 Å². The molecule has 1 atom stereocenters. The Balaban J connectivity index is 1.57. The summed E-state index contributed by atoms with van der Waals surface area (Å²) < 4.78 is 0. The van der Waals surface area contributed by atoms with Crippen molar-refractivity contribution in [2.45, 2.75) is 19.5 Å². The molecule has 2 aromatic carbocycles. The van der Waals surface area contributed by atoms with Crippen molar-refractivity contribution in [2.24, 2.45) is 0 Å². The minimum absolute atomic E-state index is 0.0563. The molecular formula is C21H24N4O. The molecule has 1 aliphatic heterocycles. The van der Waals surface area contributed by atoms with Gasteiger partial charge in [-0.3, -0.25) is 14.6 Å². The molecular weight excluding hydrogens is 324 g/mol. The number of nitrogens with zero attached hydrogens (tertiary/aromatic N) is 3. The van der Waals surface area contributed by atoms with Crippen molar-refractivity contribution in [3.63, 3.8) is 0 Å². The van der Waals surface area contributed by atoms with Crippen LogP contribution in [0.25, 0.3) is 0 Å². The van der Waals surface area contributed by atoms with Gasteiger partial charge in [-0.2, -0.15) is 5.26 Å². The van der Waals surface area contributed by atoms with E-state index in [0.29, 0.717) is 0 Å². The number of carbonyl (C=O) groups excluding carboxylic acids is 1. The van der Waals surface area contributed by atoms with Gasteiger partial charge in [-0.15, -0.1) is 0 Å². The number of carbonyl (C=O) groups is 1. The van der Waals surface area contributed by atoms with Crippen LogP contribution in [0.1, 0.15) is 24.1 Å². The molecule has 0 aromatic heterocycles. The first-order chi connectivity index (χ1) is 12.7. The lowest BCUT2D eigenvalue weighted by atomic mass is 10.1. The fraction of sp³-hybridized carbons (Fsp3) is 0.333. The third-order valence-electron chi connectivity index (χ3n) is 4.66. The van der Waals surface area contributed by atoms with Crippen molar-refractivity contribution in [1.29, 1.82) is 5.26 Å².